The molecule has 3 nitrogen and oxygen atoms in total. The van der Waals surface area contributed by atoms with Crippen molar-refractivity contribution in [3.63, 3.8) is 0 Å². The summed E-state index contributed by atoms with van der Waals surface area (Å²) >= 11 is 0. The molecule has 1 aliphatic rings. The van der Waals surface area contributed by atoms with Crippen LogP contribution in [0.5, 0.6) is 0 Å². The van der Waals surface area contributed by atoms with Crippen LogP contribution in [-0.4, -0.2) is 18.2 Å². The summed E-state index contributed by atoms with van der Waals surface area (Å²) in [7, 11) is 0. The van der Waals surface area contributed by atoms with Gasteiger partial charge in [0.2, 0.25) is 5.91 Å². The number of hydrogen-bond acceptors (Lipinski definition) is 2. The number of amides is 1. The fourth-order valence-corrected chi connectivity index (χ4v) is 2.25. The Labute approximate surface area is 108 Å². The molecule has 0 atom stereocenters. The topological polar surface area (TPSA) is 37.4 Å². The minimum atomic E-state index is -4.55. The SMILES string of the molecule is CC(=O)N1CCC(=O)Cc2cccc(C(F)(F)F)c21. The maximum absolute atomic E-state index is 13.0. The van der Waals surface area contributed by atoms with E-state index in [-0.39, 0.29) is 36.4 Å². The van der Waals surface area contributed by atoms with Gasteiger partial charge in [-0.05, 0) is 11.6 Å². The second kappa shape index (κ2) is 4.68. The number of nitrogens with zero attached hydrogens (tertiary/aromatic N) is 1. The molecule has 1 aromatic rings. The van der Waals surface area contributed by atoms with Crippen LogP contribution in [0.25, 0.3) is 0 Å². The number of para-hydroxylation sites is 1. The van der Waals surface area contributed by atoms with Crippen LogP contribution in [0.4, 0.5) is 18.9 Å². The number of rotatable bonds is 0. The molecule has 0 unspecified atom stereocenters. The van der Waals surface area contributed by atoms with E-state index in [0.29, 0.717) is 0 Å². The van der Waals surface area contributed by atoms with Gasteiger partial charge in [-0.15, -0.1) is 0 Å². The van der Waals surface area contributed by atoms with Crippen molar-refractivity contribution in [2.24, 2.45) is 0 Å². The van der Waals surface area contributed by atoms with Gasteiger partial charge < -0.3 is 4.90 Å². The number of halogens is 3. The summed E-state index contributed by atoms with van der Waals surface area (Å²) in [6.07, 6.45) is -4.54. The molecule has 1 aliphatic heterocycles. The molecule has 0 N–H and O–H groups in total. The van der Waals surface area contributed by atoms with Crippen LogP contribution in [0.3, 0.4) is 0 Å². The Morgan fingerprint density at radius 3 is 2.58 bits per heavy atom. The number of anilines is 1. The zero-order chi connectivity index (χ0) is 14.2. The predicted molar refractivity (Wildman–Crippen MR) is 62.8 cm³/mol. The second-order valence-electron chi connectivity index (χ2n) is 4.45. The van der Waals surface area contributed by atoms with E-state index < -0.39 is 17.6 Å². The molecule has 0 aromatic heterocycles. The lowest BCUT2D eigenvalue weighted by Gasteiger charge is -2.25. The van der Waals surface area contributed by atoms with E-state index >= 15 is 0 Å². The average Bonchev–Trinajstić information content (AvgIpc) is 2.45. The molecule has 1 amide bonds. The standard InChI is InChI=1S/C13H12F3NO2/c1-8(18)17-6-5-10(19)7-9-3-2-4-11(12(9)17)13(14,15)16/h2-4H,5-7H2,1H3. The summed E-state index contributed by atoms with van der Waals surface area (Å²) in [5.41, 5.74) is -0.782. The summed E-state index contributed by atoms with van der Waals surface area (Å²) in [5, 5.41) is 0. The first-order chi connectivity index (χ1) is 8.80. The molecule has 0 saturated heterocycles. The van der Waals surface area contributed by atoms with Gasteiger partial charge in [-0.2, -0.15) is 13.2 Å². The van der Waals surface area contributed by atoms with Crippen LogP contribution >= 0.6 is 0 Å². The number of Topliss-reactive ketones (excluding diaryl/α,β-unsaturated/α-hetero) is 1. The molecule has 1 aromatic carbocycles. The zero-order valence-electron chi connectivity index (χ0n) is 10.3. The fraction of sp³-hybridized carbons (Fsp3) is 0.385. The molecule has 102 valence electrons. The predicted octanol–water partition coefficient (Wildman–Crippen LogP) is 2.57. The number of carbonyl (C=O) groups is 2. The average molecular weight is 271 g/mol. The molecule has 0 bridgehead atoms. The van der Waals surface area contributed by atoms with Crippen molar-refractivity contribution in [1.29, 1.82) is 0 Å². The van der Waals surface area contributed by atoms with Crippen LogP contribution in [0.2, 0.25) is 0 Å². The summed E-state index contributed by atoms with van der Waals surface area (Å²) in [6, 6.07) is 3.66. The third-order valence-electron chi connectivity index (χ3n) is 3.08. The van der Waals surface area contributed by atoms with E-state index in [4.69, 9.17) is 0 Å². The Morgan fingerprint density at radius 1 is 1.32 bits per heavy atom. The third kappa shape index (κ3) is 2.62. The van der Waals surface area contributed by atoms with E-state index in [1.54, 1.807) is 0 Å². The Morgan fingerprint density at radius 2 is 2.00 bits per heavy atom. The first-order valence-electron chi connectivity index (χ1n) is 5.79. The van der Waals surface area contributed by atoms with Crippen LogP contribution in [0, 0.1) is 0 Å². The molecule has 2 rings (SSSR count). The van der Waals surface area contributed by atoms with Crippen LogP contribution in [0.1, 0.15) is 24.5 Å². The molecule has 0 radical (unpaired) electrons. The fourth-order valence-electron chi connectivity index (χ4n) is 2.25. The summed E-state index contributed by atoms with van der Waals surface area (Å²) < 4.78 is 39.1. The minimum absolute atomic E-state index is 0.00569. The molecule has 1 heterocycles. The normalized spacial score (nSPS) is 16.0. The van der Waals surface area contributed by atoms with Crippen molar-refractivity contribution in [2.45, 2.75) is 25.9 Å². The molecule has 19 heavy (non-hydrogen) atoms. The molecular weight excluding hydrogens is 259 g/mol. The van der Waals surface area contributed by atoms with Gasteiger partial charge in [0.25, 0.3) is 0 Å². The quantitative estimate of drug-likeness (QED) is 0.727. The Balaban J connectivity index is 2.66. The maximum atomic E-state index is 13.0. The highest BCUT2D eigenvalue weighted by Gasteiger charge is 2.37. The van der Waals surface area contributed by atoms with Crippen molar-refractivity contribution in [3.05, 3.63) is 29.3 Å². The molecule has 0 spiro atoms. The number of alkyl halides is 3. The number of carbonyl (C=O) groups excluding carboxylic acids is 2. The van der Waals surface area contributed by atoms with E-state index in [0.717, 1.165) is 11.0 Å². The van der Waals surface area contributed by atoms with Crippen molar-refractivity contribution in [2.75, 3.05) is 11.4 Å². The Kier molecular flexibility index (Phi) is 3.34. The van der Waals surface area contributed by atoms with Gasteiger partial charge in [0, 0.05) is 26.3 Å². The van der Waals surface area contributed by atoms with E-state index in [9.17, 15) is 22.8 Å². The van der Waals surface area contributed by atoms with Gasteiger partial charge in [0.1, 0.15) is 5.78 Å². The van der Waals surface area contributed by atoms with Crippen LogP contribution < -0.4 is 4.90 Å². The number of fused-ring (bicyclic) bond motifs is 1. The molecule has 0 aliphatic carbocycles. The third-order valence-corrected chi connectivity index (χ3v) is 3.08. The highest BCUT2D eigenvalue weighted by molar-refractivity contribution is 5.97. The molecular formula is C13H12F3NO2. The number of hydrogen-bond donors (Lipinski definition) is 0. The summed E-state index contributed by atoms with van der Waals surface area (Å²) in [5.74, 6) is -0.656. The Bertz CT molecular complexity index is 537. The van der Waals surface area contributed by atoms with Gasteiger partial charge in [-0.1, -0.05) is 12.1 Å². The van der Waals surface area contributed by atoms with Gasteiger partial charge >= 0.3 is 6.18 Å². The molecule has 6 heteroatoms. The lowest BCUT2D eigenvalue weighted by molar-refractivity contribution is -0.137. The Hall–Kier alpha value is -1.85. The molecule has 0 fully saturated rings. The van der Waals surface area contributed by atoms with Crippen LogP contribution in [0.15, 0.2) is 18.2 Å². The van der Waals surface area contributed by atoms with E-state index in [1.807, 2.05) is 0 Å². The highest BCUT2D eigenvalue weighted by atomic mass is 19.4. The van der Waals surface area contributed by atoms with Crippen molar-refractivity contribution >= 4 is 17.4 Å². The minimum Gasteiger partial charge on any atom is -0.311 e. The van der Waals surface area contributed by atoms with Crippen LogP contribution in [-0.2, 0) is 22.2 Å². The monoisotopic (exact) mass is 271 g/mol. The van der Waals surface area contributed by atoms with Gasteiger partial charge in [-0.3, -0.25) is 9.59 Å². The zero-order valence-corrected chi connectivity index (χ0v) is 10.3. The summed E-state index contributed by atoms with van der Waals surface area (Å²) in [6.45, 7) is 1.20. The largest absolute Gasteiger partial charge is 0.418 e. The van der Waals surface area contributed by atoms with E-state index in [2.05, 4.69) is 0 Å². The first-order valence-corrected chi connectivity index (χ1v) is 5.79. The molecule has 0 saturated carbocycles. The van der Waals surface area contributed by atoms with Crippen molar-refractivity contribution in [3.8, 4) is 0 Å². The summed E-state index contributed by atoms with van der Waals surface area (Å²) in [4.78, 5) is 24.1. The van der Waals surface area contributed by atoms with Crippen molar-refractivity contribution < 1.29 is 22.8 Å². The maximum Gasteiger partial charge on any atom is 0.418 e. The number of ketones is 1. The first kappa shape index (κ1) is 13.6. The van der Waals surface area contributed by atoms with E-state index in [1.165, 1.54) is 19.1 Å². The highest BCUT2D eigenvalue weighted by Crippen LogP contribution is 2.40. The lowest BCUT2D eigenvalue weighted by atomic mass is 10.0. The lowest BCUT2D eigenvalue weighted by Crippen LogP contribution is -2.31. The van der Waals surface area contributed by atoms with Crippen molar-refractivity contribution in [1.82, 2.24) is 0 Å². The van der Waals surface area contributed by atoms with Gasteiger partial charge in [-0.25, -0.2) is 0 Å². The number of benzene rings is 1. The smallest absolute Gasteiger partial charge is 0.311 e. The second-order valence-corrected chi connectivity index (χ2v) is 4.45. The van der Waals surface area contributed by atoms with Gasteiger partial charge in [0.05, 0.1) is 11.3 Å². The van der Waals surface area contributed by atoms with Gasteiger partial charge in [0.15, 0.2) is 0 Å².